The Morgan fingerprint density at radius 2 is 1.60 bits per heavy atom. The minimum Gasteiger partial charge on any atom is -0.497 e. The van der Waals surface area contributed by atoms with E-state index in [0.29, 0.717) is 11.3 Å². The van der Waals surface area contributed by atoms with E-state index < -0.39 is 35.2 Å². The van der Waals surface area contributed by atoms with Gasteiger partial charge in [-0.15, -0.1) is 0 Å². The van der Waals surface area contributed by atoms with Crippen molar-refractivity contribution in [3.8, 4) is 5.75 Å². The van der Waals surface area contributed by atoms with Gasteiger partial charge < -0.3 is 14.2 Å². The number of aromatic nitrogens is 2. The molecule has 2 heterocycles. The minimum absolute atomic E-state index is 0.0487. The Bertz CT molecular complexity index is 1570. The zero-order valence-electron chi connectivity index (χ0n) is 22.1. The van der Waals surface area contributed by atoms with Crippen LogP contribution in [0.2, 0.25) is 0 Å². The first-order chi connectivity index (χ1) is 19.5. The first-order valence-electron chi connectivity index (χ1n) is 12.9. The monoisotopic (exact) mass is 539 g/mol. The first kappa shape index (κ1) is 27.0. The Kier molecular flexibility index (Phi) is 7.84. The summed E-state index contributed by atoms with van der Waals surface area (Å²) in [6.07, 6.45) is 0.300. The normalized spacial score (nSPS) is 18.7. The largest absolute Gasteiger partial charge is 0.497 e. The Morgan fingerprint density at radius 1 is 1.00 bits per heavy atom. The van der Waals surface area contributed by atoms with Gasteiger partial charge in [-0.1, -0.05) is 77.9 Å². The molecule has 0 saturated carbocycles. The van der Waals surface area contributed by atoms with E-state index in [9.17, 15) is 15.1 Å². The quantitative estimate of drug-likeness (QED) is 0.141. The van der Waals surface area contributed by atoms with Crippen LogP contribution in [0.5, 0.6) is 5.75 Å². The zero-order valence-corrected chi connectivity index (χ0v) is 22.1. The summed E-state index contributed by atoms with van der Waals surface area (Å²) in [5.41, 5.74) is 10.2. The van der Waals surface area contributed by atoms with Crippen molar-refractivity contribution in [2.24, 2.45) is 5.11 Å². The van der Waals surface area contributed by atoms with Crippen LogP contribution in [-0.4, -0.2) is 35.4 Å². The predicted octanol–water partition coefficient (Wildman–Crippen LogP) is 4.83. The van der Waals surface area contributed by atoms with Gasteiger partial charge >= 0.3 is 5.69 Å². The van der Waals surface area contributed by atoms with Crippen LogP contribution in [0.25, 0.3) is 10.4 Å². The third-order valence-electron chi connectivity index (χ3n) is 7.18. The summed E-state index contributed by atoms with van der Waals surface area (Å²) >= 11 is 0. The summed E-state index contributed by atoms with van der Waals surface area (Å²) in [6.45, 7) is 1.66. The number of hydrogen-bond acceptors (Lipinski definition) is 6. The summed E-state index contributed by atoms with van der Waals surface area (Å²) in [4.78, 5) is 29.8. The highest BCUT2D eigenvalue weighted by Gasteiger charge is 2.42. The number of benzene rings is 3. The van der Waals surface area contributed by atoms with E-state index in [2.05, 4.69) is 15.0 Å². The molecule has 10 heteroatoms. The van der Waals surface area contributed by atoms with Gasteiger partial charge in [-0.2, -0.15) is 0 Å². The summed E-state index contributed by atoms with van der Waals surface area (Å²) < 4.78 is 19.9. The lowest BCUT2D eigenvalue weighted by atomic mass is 9.80. The molecule has 3 aromatic carbocycles. The molecule has 3 unspecified atom stereocenters. The predicted molar refractivity (Wildman–Crippen MR) is 149 cm³/mol. The number of nitrogens with zero attached hydrogens (tertiary/aromatic N) is 4. The molecule has 4 aromatic rings. The highest BCUT2D eigenvalue weighted by atomic mass is 16.6. The molecule has 0 radical (unpaired) electrons. The lowest BCUT2D eigenvalue weighted by molar-refractivity contribution is -0.0796. The Morgan fingerprint density at radius 3 is 2.17 bits per heavy atom. The van der Waals surface area contributed by atoms with Crippen molar-refractivity contribution in [3.63, 3.8) is 0 Å². The van der Waals surface area contributed by atoms with Gasteiger partial charge in [-0.25, -0.2) is 4.79 Å². The first-order valence-corrected chi connectivity index (χ1v) is 12.9. The number of azide groups is 1. The second-order valence-corrected chi connectivity index (χ2v) is 9.57. The van der Waals surface area contributed by atoms with Crippen LogP contribution in [0.4, 0.5) is 0 Å². The number of aromatic amines is 1. The van der Waals surface area contributed by atoms with Crippen LogP contribution >= 0.6 is 0 Å². The maximum Gasteiger partial charge on any atom is 0.330 e. The fourth-order valence-corrected chi connectivity index (χ4v) is 5.15. The highest BCUT2D eigenvalue weighted by Crippen LogP contribution is 2.42. The fourth-order valence-electron chi connectivity index (χ4n) is 5.15. The van der Waals surface area contributed by atoms with E-state index in [1.165, 1.54) is 10.8 Å². The molecular weight excluding hydrogens is 510 g/mol. The van der Waals surface area contributed by atoms with Crippen LogP contribution in [-0.2, 0) is 15.1 Å². The molecule has 1 saturated heterocycles. The number of nitrogens with one attached hydrogen (secondary N) is 1. The van der Waals surface area contributed by atoms with E-state index in [1.54, 1.807) is 14.0 Å². The third-order valence-corrected chi connectivity index (χ3v) is 7.18. The van der Waals surface area contributed by atoms with Crippen LogP contribution in [0.3, 0.4) is 0 Å². The van der Waals surface area contributed by atoms with Crippen molar-refractivity contribution in [1.29, 1.82) is 0 Å². The molecule has 1 aliphatic rings. The molecular formula is C30H29N5O5. The van der Waals surface area contributed by atoms with Crippen molar-refractivity contribution in [2.75, 3.05) is 13.7 Å². The average Bonchev–Trinajstić information content (AvgIpc) is 3.39. The summed E-state index contributed by atoms with van der Waals surface area (Å²) in [5, 5.41) is 3.96. The number of hydrogen-bond donors (Lipinski definition) is 1. The number of H-pyrrole nitrogens is 1. The SMILES string of the molecule is COc1ccc(C(OCC2OC(n3cc(C)c(=O)[nH]c3=O)CC2N=[N+]=[N-])(c2ccccc2)c2ccccc2)cc1. The molecule has 3 atom stereocenters. The molecule has 0 aliphatic carbocycles. The third kappa shape index (κ3) is 5.15. The van der Waals surface area contributed by atoms with Gasteiger partial charge in [-0.3, -0.25) is 14.3 Å². The molecule has 10 nitrogen and oxygen atoms in total. The standard InChI is InChI=1S/C30H29N5O5/c1-20-18-35(29(37)32-28(20)36)27-17-25(33-34-31)26(40-27)19-39-30(21-9-5-3-6-10-21,22-11-7-4-8-12-22)23-13-15-24(38-2)16-14-23/h3-16,18,25-27H,17,19H2,1-2H3,(H,32,36,37). The van der Waals surface area contributed by atoms with Gasteiger partial charge in [0.15, 0.2) is 0 Å². The number of rotatable bonds is 9. The van der Waals surface area contributed by atoms with Crippen LogP contribution < -0.4 is 16.0 Å². The molecule has 5 rings (SSSR count). The van der Waals surface area contributed by atoms with E-state index >= 15 is 0 Å². The summed E-state index contributed by atoms with van der Waals surface area (Å²) in [7, 11) is 1.62. The topological polar surface area (TPSA) is 131 Å². The van der Waals surface area contributed by atoms with Crippen molar-refractivity contribution in [3.05, 3.63) is 145 Å². The van der Waals surface area contributed by atoms with Crippen molar-refractivity contribution in [1.82, 2.24) is 9.55 Å². The Balaban J connectivity index is 1.56. The van der Waals surface area contributed by atoms with Crippen molar-refractivity contribution >= 4 is 0 Å². The number of ether oxygens (including phenoxy) is 3. The molecule has 1 N–H and O–H groups in total. The van der Waals surface area contributed by atoms with Crippen molar-refractivity contribution in [2.45, 2.75) is 37.3 Å². The van der Waals surface area contributed by atoms with Gasteiger partial charge in [0.05, 0.1) is 25.9 Å². The molecule has 0 spiro atoms. The average molecular weight is 540 g/mol. The molecule has 0 bridgehead atoms. The highest BCUT2D eigenvalue weighted by molar-refractivity contribution is 5.48. The lowest BCUT2D eigenvalue weighted by Gasteiger charge is -2.37. The van der Waals surface area contributed by atoms with E-state index in [4.69, 9.17) is 14.2 Å². The lowest BCUT2D eigenvalue weighted by Crippen LogP contribution is -2.38. The van der Waals surface area contributed by atoms with Gasteiger partial charge in [0.1, 0.15) is 17.6 Å². The van der Waals surface area contributed by atoms with Gasteiger partial charge in [-0.05, 0) is 41.3 Å². The molecule has 1 aliphatic heterocycles. The van der Waals surface area contributed by atoms with Crippen LogP contribution in [0, 0.1) is 6.92 Å². The maximum absolute atomic E-state index is 12.6. The molecule has 1 aromatic heterocycles. The van der Waals surface area contributed by atoms with Gasteiger partial charge in [0.25, 0.3) is 5.56 Å². The maximum atomic E-state index is 12.6. The summed E-state index contributed by atoms with van der Waals surface area (Å²) in [5.74, 6) is 0.714. The zero-order chi connectivity index (χ0) is 28.1. The second-order valence-electron chi connectivity index (χ2n) is 9.57. The van der Waals surface area contributed by atoms with Crippen LogP contribution in [0.15, 0.2) is 106 Å². The number of aryl methyl sites for hydroxylation is 1. The Labute approximate surface area is 230 Å². The van der Waals surface area contributed by atoms with E-state index in [1.807, 2.05) is 84.9 Å². The van der Waals surface area contributed by atoms with E-state index in [-0.39, 0.29) is 13.0 Å². The molecule has 40 heavy (non-hydrogen) atoms. The van der Waals surface area contributed by atoms with Crippen molar-refractivity contribution < 1.29 is 14.2 Å². The number of methoxy groups -OCH3 is 1. The van der Waals surface area contributed by atoms with Gasteiger partial charge in [0.2, 0.25) is 0 Å². The molecule has 0 amide bonds. The minimum atomic E-state index is -1.04. The molecule has 1 fully saturated rings. The smallest absolute Gasteiger partial charge is 0.330 e. The second kappa shape index (κ2) is 11.6. The van der Waals surface area contributed by atoms with E-state index in [0.717, 1.165) is 16.7 Å². The Hall–Kier alpha value is -4.63. The molecule has 204 valence electrons. The van der Waals surface area contributed by atoms with Crippen LogP contribution in [0.1, 0.15) is 34.9 Å². The van der Waals surface area contributed by atoms with Gasteiger partial charge in [0, 0.05) is 23.1 Å². The fraction of sp³-hybridized carbons (Fsp3) is 0.267. The summed E-state index contributed by atoms with van der Waals surface area (Å²) in [6, 6.07) is 26.8.